The average molecular weight is 631 g/mol. The third-order valence-corrected chi connectivity index (χ3v) is 9.58. The maximum atomic E-state index is 2.53. The molecule has 1 unspecified atom stereocenters. The van der Waals surface area contributed by atoms with Crippen molar-refractivity contribution in [2.75, 3.05) is 0 Å². The zero-order chi connectivity index (χ0) is 34.4. The largest absolute Gasteiger partial charge is 0.0799 e. The Morgan fingerprint density at radius 2 is 1.40 bits per heavy atom. The first kappa shape index (κ1) is 39.8. The average Bonchev–Trinajstić information content (AvgIpc) is 3.27. The zero-order valence-electron chi connectivity index (χ0n) is 31.7. The highest BCUT2D eigenvalue weighted by Gasteiger charge is 2.40. The molecule has 0 aliphatic heterocycles. The molecule has 2 aliphatic rings. The highest BCUT2D eigenvalue weighted by Crippen LogP contribution is 2.53. The van der Waals surface area contributed by atoms with Crippen LogP contribution in [0.5, 0.6) is 0 Å². The number of hydrogen-bond acceptors (Lipinski definition) is 0. The first-order chi connectivity index (χ1) is 21.5. The SMILES string of the molecule is C.CC.CC(C)=C(/C=C1\CC(C)(C)c2ccc3c(c21)C(C)(C)C/C=C(C(C)(C)C)\C=C/C3C)c1ccccc1C.Cc1ccccc1. The molecule has 5 rings (SSSR count). The Bertz CT molecular complexity index is 1600. The normalized spacial score (nSPS) is 20.1. The predicted molar refractivity (Wildman–Crippen MR) is 214 cm³/mol. The molecule has 0 saturated heterocycles. The van der Waals surface area contributed by atoms with Crippen LogP contribution in [0.4, 0.5) is 0 Å². The van der Waals surface area contributed by atoms with E-state index < -0.39 is 0 Å². The van der Waals surface area contributed by atoms with E-state index in [9.17, 15) is 0 Å². The molecular weight excluding hydrogens is 565 g/mol. The lowest BCUT2D eigenvalue weighted by Gasteiger charge is -2.32. The highest BCUT2D eigenvalue weighted by molar-refractivity contribution is 5.90. The van der Waals surface area contributed by atoms with Crippen LogP contribution >= 0.6 is 0 Å². The molecule has 2 aliphatic carbocycles. The van der Waals surface area contributed by atoms with E-state index in [1.807, 2.05) is 32.0 Å². The maximum Gasteiger partial charge on any atom is -0.000406 e. The van der Waals surface area contributed by atoms with E-state index >= 15 is 0 Å². The fourth-order valence-corrected chi connectivity index (χ4v) is 6.93. The first-order valence-corrected chi connectivity index (χ1v) is 17.6. The molecule has 0 nitrogen and oxygen atoms in total. The molecule has 0 saturated carbocycles. The van der Waals surface area contributed by atoms with Crippen molar-refractivity contribution in [1.29, 1.82) is 0 Å². The maximum absolute atomic E-state index is 2.53. The summed E-state index contributed by atoms with van der Waals surface area (Å²) >= 11 is 0. The summed E-state index contributed by atoms with van der Waals surface area (Å²) in [4.78, 5) is 0. The molecule has 1 atom stereocenters. The monoisotopic (exact) mass is 631 g/mol. The lowest BCUT2D eigenvalue weighted by molar-refractivity contribution is 0.495. The van der Waals surface area contributed by atoms with Crippen molar-refractivity contribution in [3.05, 3.63) is 141 Å². The Balaban J connectivity index is 0.000000672. The zero-order valence-corrected chi connectivity index (χ0v) is 31.7. The van der Waals surface area contributed by atoms with E-state index in [1.165, 1.54) is 55.7 Å². The van der Waals surface area contributed by atoms with Crippen molar-refractivity contribution < 1.29 is 0 Å². The van der Waals surface area contributed by atoms with Gasteiger partial charge in [-0.05, 0) is 113 Å². The van der Waals surface area contributed by atoms with Gasteiger partial charge in [-0.25, -0.2) is 0 Å². The molecule has 0 heteroatoms. The molecular formula is C47H66. The van der Waals surface area contributed by atoms with E-state index in [2.05, 4.69) is 156 Å². The van der Waals surface area contributed by atoms with E-state index in [0.717, 1.165) is 12.8 Å². The van der Waals surface area contributed by atoms with Crippen LogP contribution in [0.1, 0.15) is 148 Å². The number of aryl methyl sites for hydroxylation is 2. The van der Waals surface area contributed by atoms with Gasteiger partial charge in [-0.3, -0.25) is 0 Å². The van der Waals surface area contributed by atoms with Crippen molar-refractivity contribution in [3.63, 3.8) is 0 Å². The van der Waals surface area contributed by atoms with Crippen molar-refractivity contribution in [3.8, 4) is 0 Å². The summed E-state index contributed by atoms with van der Waals surface area (Å²) in [6, 6.07) is 24.0. The second-order valence-corrected chi connectivity index (χ2v) is 15.7. The molecule has 0 N–H and O–H groups in total. The quantitative estimate of drug-likeness (QED) is 0.264. The van der Waals surface area contributed by atoms with Crippen LogP contribution in [-0.4, -0.2) is 0 Å². The minimum Gasteiger partial charge on any atom is -0.0799 e. The Morgan fingerprint density at radius 1 is 0.809 bits per heavy atom. The van der Waals surface area contributed by atoms with Gasteiger partial charge in [-0.2, -0.15) is 0 Å². The van der Waals surface area contributed by atoms with Gasteiger partial charge in [0.05, 0.1) is 0 Å². The van der Waals surface area contributed by atoms with E-state index in [1.54, 1.807) is 5.56 Å². The topological polar surface area (TPSA) is 0 Å². The van der Waals surface area contributed by atoms with Gasteiger partial charge in [-0.1, -0.05) is 179 Å². The summed E-state index contributed by atoms with van der Waals surface area (Å²) in [7, 11) is 0. The van der Waals surface area contributed by atoms with Crippen molar-refractivity contribution in [1.82, 2.24) is 0 Å². The van der Waals surface area contributed by atoms with E-state index in [-0.39, 0.29) is 23.7 Å². The number of allylic oxidation sites excluding steroid dienone is 8. The molecule has 0 aromatic heterocycles. The molecule has 0 radical (unpaired) electrons. The summed E-state index contributed by atoms with van der Waals surface area (Å²) in [5.41, 5.74) is 16.1. The summed E-state index contributed by atoms with van der Waals surface area (Å²) in [5.74, 6) is 0.368. The van der Waals surface area contributed by atoms with Gasteiger partial charge in [0.1, 0.15) is 0 Å². The van der Waals surface area contributed by atoms with Gasteiger partial charge in [0.2, 0.25) is 0 Å². The fourth-order valence-electron chi connectivity index (χ4n) is 6.93. The van der Waals surface area contributed by atoms with E-state index in [0.29, 0.717) is 5.92 Å². The van der Waals surface area contributed by atoms with Crippen molar-refractivity contribution in [2.24, 2.45) is 5.41 Å². The molecule has 0 fully saturated rings. The predicted octanol–water partition coefficient (Wildman–Crippen LogP) is 14.5. The van der Waals surface area contributed by atoms with Crippen molar-refractivity contribution in [2.45, 2.75) is 134 Å². The standard InChI is InChI=1S/C37H48.C7H8.C2H6.CH4/c1-24(2)31(29-15-13-12-14-25(29)3)22-27-23-37(10,11)32-19-18-30-26(4)16-17-28(35(5,6)7)20-21-36(8,9)34(30)33(27)32;1-7-5-3-2-4-6-7;1-2;/h12-20,22,26H,21,23H2,1-11H3;2-6H,1H3;1-2H3;1H4/b17-16-,27-22+,28-20+;;;. The second-order valence-electron chi connectivity index (χ2n) is 15.7. The van der Waals surface area contributed by atoms with Gasteiger partial charge in [0.25, 0.3) is 0 Å². The minimum absolute atomic E-state index is 0. The molecule has 0 bridgehead atoms. The van der Waals surface area contributed by atoms with Crippen LogP contribution in [0.3, 0.4) is 0 Å². The van der Waals surface area contributed by atoms with Gasteiger partial charge < -0.3 is 0 Å². The van der Waals surface area contributed by atoms with Gasteiger partial charge >= 0.3 is 0 Å². The Morgan fingerprint density at radius 3 is 1.94 bits per heavy atom. The van der Waals surface area contributed by atoms with Crippen LogP contribution in [0, 0.1) is 19.3 Å². The first-order valence-electron chi connectivity index (χ1n) is 17.6. The van der Waals surface area contributed by atoms with Gasteiger partial charge in [0.15, 0.2) is 0 Å². The number of fused-ring (bicyclic) bond motifs is 3. The van der Waals surface area contributed by atoms with Crippen LogP contribution in [0.25, 0.3) is 11.1 Å². The third kappa shape index (κ3) is 9.37. The Hall–Kier alpha value is -3.38. The Kier molecular flexibility index (Phi) is 13.7. The second kappa shape index (κ2) is 16.1. The van der Waals surface area contributed by atoms with Crippen molar-refractivity contribution >= 4 is 11.1 Å². The molecule has 0 heterocycles. The third-order valence-electron chi connectivity index (χ3n) is 9.58. The number of hydrogen-bond donors (Lipinski definition) is 0. The molecule has 0 spiro atoms. The minimum atomic E-state index is 0. The van der Waals surface area contributed by atoms with Crippen LogP contribution in [-0.2, 0) is 10.8 Å². The molecule has 3 aromatic rings. The lowest BCUT2D eigenvalue weighted by atomic mass is 9.72. The van der Waals surface area contributed by atoms with Crippen LogP contribution < -0.4 is 0 Å². The van der Waals surface area contributed by atoms with Crippen LogP contribution in [0.15, 0.2) is 102 Å². The number of rotatable bonds is 2. The van der Waals surface area contributed by atoms with E-state index in [4.69, 9.17) is 0 Å². The Labute approximate surface area is 290 Å². The van der Waals surface area contributed by atoms with Gasteiger partial charge in [0, 0.05) is 0 Å². The summed E-state index contributed by atoms with van der Waals surface area (Å²) < 4.78 is 0. The smallest absolute Gasteiger partial charge is 0.000406 e. The highest BCUT2D eigenvalue weighted by atomic mass is 14.4. The summed E-state index contributed by atoms with van der Waals surface area (Å²) in [5, 5.41) is 0. The summed E-state index contributed by atoms with van der Waals surface area (Å²) in [6.45, 7) is 32.0. The van der Waals surface area contributed by atoms with Crippen LogP contribution in [0.2, 0.25) is 0 Å². The number of benzene rings is 3. The fraction of sp³-hybridized carbons (Fsp3) is 0.447. The molecule has 0 amide bonds. The molecule has 47 heavy (non-hydrogen) atoms. The molecule has 254 valence electrons. The molecule has 3 aromatic carbocycles. The summed E-state index contributed by atoms with van der Waals surface area (Å²) in [6.07, 6.45) is 12.0. The lowest BCUT2D eigenvalue weighted by Crippen LogP contribution is -2.22. The van der Waals surface area contributed by atoms with Gasteiger partial charge in [-0.15, -0.1) is 0 Å².